The zero-order chi connectivity index (χ0) is 17.1. The average Bonchev–Trinajstić information content (AvgIpc) is 2.61. The molecule has 1 heterocycles. The summed E-state index contributed by atoms with van der Waals surface area (Å²) in [6.07, 6.45) is -0.316. The zero-order valence-electron chi connectivity index (χ0n) is 13.2. The highest BCUT2D eigenvalue weighted by Gasteiger charge is 2.27. The zero-order valence-corrected chi connectivity index (χ0v) is 13.2. The SMILES string of the molecule is COc1ccc(C(=O)N2CCOC(c3ccc(F)cc3)C2)c(O)c1. The van der Waals surface area contributed by atoms with E-state index in [0.29, 0.717) is 25.4 Å². The Balaban J connectivity index is 1.76. The molecule has 3 rings (SSSR count). The van der Waals surface area contributed by atoms with Gasteiger partial charge in [-0.15, -0.1) is 0 Å². The van der Waals surface area contributed by atoms with Crippen molar-refractivity contribution in [2.75, 3.05) is 26.8 Å². The van der Waals surface area contributed by atoms with Crippen LogP contribution < -0.4 is 4.74 Å². The topological polar surface area (TPSA) is 59.0 Å². The van der Waals surface area contributed by atoms with Crippen LogP contribution in [0.1, 0.15) is 22.0 Å². The number of amides is 1. The molecule has 1 atom stereocenters. The Bertz CT molecular complexity index is 732. The summed E-state index contributed by atoms with van der Waals surface area (Å²) in [7, 11) is 1.49. The van der Waals surface area contributed by atoms with Crippen LogP contribution in [0.25, 0.3) is 0 Å². The summed E-state index contributed by atoms with van der Waals surface area (Å²) >= 11 is 0. The number of carbonyl (C=O) groups excluding carboxylic acids is 1. The van der Waals surface area contributed by atoms with Gasteiger partial charge in [-0.25, -0.2) is 4.39 Å². The van der Waals surface area contributed by atoms with Gasteiger partial charge in [-0.1, -0.05) is 12.1 Å². The van der Waals surface area contributed by atoms with E-state index in [4.69, 9.17) is 9.47 Å². The average molecular weight is 331 g/mol. The molecule has 6 heteroatoms. The molecule has 1 fully saturated rings. The number of hydrogen-bond acceptors (Lipinski definition) is 4. The third kappa shape index (κ3) is 3.33. The molecule has 24 heavy (non-hydrogen) atoms. The molecule has 0 saturated carbocycles. The van der Waals surface area contributed by atoms with Gasteiger partial charge in [0.15, 0.2) is 0 Å². The van der Waals surface area contributed by atoms with E-state index in [9.17, 15) is 14.3 Å². The molecule has 2 aromatic carbocycles. The van der Waals surface area contributed by atoms with Crippen LogP contribution in [0, 0.1) is 5.82 Å². The minimum Gasteiger partial charge on any atom is -0.507 e. The second-order valence-corrected chi connectivity index (χ2v) is 5.55. The van der Waals surface area contributed by atoms with Gasteiger partial charge in [-0.2, -0.15) is 0 Å². The summed E-state index contributed by atoms with van der Waals surface area (Å²) in [5.74, 6) is -0.226. The number of hydrogen-bond donors (Lipinski definition) is 1. The normalized spacial score (nSPS) is 17.6. The number of nitrogens with zero attached hydrogens (tertiary/aromatic N) is 1. The van der Waals surface area contributed by atoms with E-state index in [-0.39, 0.29) is 29.1 Å². The highest BCUT2D eigenvalue weighted by molar-refractivity contribution is 5.97. The molecular weight excluding hydrogens is 313 g/mol. The van der Waals surface area contributed by atoms with Crippen LogP contribution in [-0.2, 0) is 4.74 Å². The van der Waals surface area contributed by atoms with E-state index in [1.807, 2.05) is 0 Å². The van der Waals surface area contributed by atoms with Crippen molar-refractivity contribution in [3.8, 4) is 11.5 Å². The molecule has 5 nitrogen and oxygen atoms in total. The Hall–Kier alpha value is -2.60. The predicted molar refractivity (Wildman–Crippen MR) is 85.7 cm³/mol. The molecular formula is C18H18FNO4. The predicted octanol–water partition coefficient (Wildman–Crippen LogP) is 2.75. The highest BCUT2D eigenvalue weighted by atomic mass is 19.1. The van der Waals surface area contributed by atoms with Gasteiger partial charge in [-0.05, 0) is 29.8 Å². The first-order valence-electron chi connectivity index (χ1n) is 7.62. The van der Waals surface area contributed by atoms with Crippen molar-refractivity contribution in [1.82, 2.24) is 4.90 Å². The van der Waals surface area contributed by atoms with Crippen LogP contribution in [0.4, 0.5) is 4.39 Å². The molecule has 1 saturated heterocycles. The van der Waals surface area contributed by atoms with Crippen molar-refractivity contribution in [1.29, 1.82) is 0 Å². The summed E-state index contributed by atoms with van der Waals surface area (Å²) in [5, 5.41) is 10.0. The number of phenols is 1. The van der Waals surface area contributed by atoms with E-state index in [1.165, 1.54) is 25.3 Å². The van der Waals surface area contributed by atoms with Gasteiger partial charge in [0.2, 0.25) is 0 Å². The number of halogens is 1. The fourth-order valence-corrected chi connectivity index (χ4v) is 2.70. The van der Waals surface area contributed by atoms with Crippen LogP contribution in [-0.4, -0.2) is 42.7 Å². The van der Waals surface area contributed by atoms with Crippen LogP contribution in [0.15, 0.2) is 42.5 Å². The molecule has 1 unspecified atom stereocenters. The lowest BCUT2D eigenvalue weighted by Crippen LogP contribution is -2.42. The lowest BCUT2D eigenvalue weighted by atomic mass is 10.1. The second kappa shape index (κ2) is 6.88. The molecule has 1 amide bonds. The Labute approximate surface area is 139 Å². The molecule has 0 bridgehead atoms. The van der Waals surface area contributed by atoms with Crippen LogP contribution in [0.2, 0.25) is 0 Å². The van der Waals surface area contributed by atoms with Crippen molar-refractivity contribution in [2.24, 2.45) is 0 Å². The maximum absolute atomic E-state index is 13.0. The quantitative estimate of drug-likeness (QED) is 0.939. The first kappa shape index (κ1) is 16.3. The van der Waals surface area contributed by atoms with Crippen LogP contribution in [0.5, 0.6) is 11.5 Å². The lowest BCUT2D eigenvalue weighted by Gasteiger charge is -2.33. The Morgan fingerprint density at radius 1 is 1.29 bits per heavy atom. The third-order valence-corrected chi connectivity index (χ3v) is 4.03. The van der Waals surface area contributed by atoms with Crippen molar-refractivity contribution < 1.29 is 23.8 Å². The number of carbonyl (C=O) groups is 1. The summed E-state index contributed by atoms with van der Waals surface area (Å²) < 4.78 is 23.8. The fourth-order valence-electron chi connectivity index (χ4n) is 2.70. The van der Waals surface area contributed by atoms with Crippen LogP contribution in [0.3, 0.4) is 0 Å². The highest BCUT2D eigenvalue weighted by Crippen LogP contribution is 2.27. The third-order valence-electron chi connectivity index (χ3n) is 4.03. The Kier molecular flexibility index (Phi) is 4.66. The second-order valence-electron chi connectivity index (χ2n) is 5.55. The standard InChI is InChI=1S/C18H18FNO4/c1-23-14-6-7-15(16(21)10-14)18(22)20-8-9-24-17(11-20)12-2-4-13(19)5-3-12/h2-7,10,17,21H,8-9,11H2,1H3. The monoisotopic (exact) mass is 331 g/mol. The number of ether oxygens (including phenoxy) is 2. The Morgan fingerprint density at radius 2 is 2.04 bits per heavy atom. The maximum Gasteiger partial charge on any atom is 0.257 e. The molecule has 2 aromatic rings. The smallest absolute Gasteiger partial charge is 0.257 e. The van der Waals surface area contributed by atoms with Crippen LogP contribution >= 0.6 is 0 Å². The maximum atomic E-state index is 13.0. The molecule has 1 aliphatic heterocycles. The first-order chi connectivity index (χ1) is 11.6. The lowest BCUT2D eigenvalue weighted by molar-refractivity contribution is -0.0229. The number of phenolic OH excluding ortho intramolecular Hbond substituents is 1. The minimum absolute atomic E-state index is 0.121. The largest absolute Gasteiger partial charge is 0.507 e. The minimum atomic E-state index is -0.316. The van der Waals surface area contributed by atoms with E-state index in [2.05, 4.69) is 0 Å². The van der Waals surface area contributed by atoms with E-state index >= 15 is 0 Å². The Morgan fingerprint density at radius 3 is 2.71 bits per heavy atom. The molecule has 1 aliphatic rings. The van der Waals surface area contributed by atoms with Crippen molar-refractivity contribution in [2.45, 2.75) is 6.10 Å². The number of morpholine rings is 1. The summed E-state index contributed by atoms with van der Waals surface area (Å²) in [5.41, 5.74) is 1.03. The van der Waals surface area contributed by atoms with E-state index < -0.39 is 0 Å². The van der Waals surface area contributed by atoms with E-state index in [0.717, 1.165) is 5.56 Å². The van der Waals surface area contributed by atoms with Gasteiger partial charge in [0.25, 0.3) is 5.91 Å². The van der Waals surface area contributed by atoms with Gasteiger partial charge in [0.1, 0.15) is 23.4 Å². The summed E-state index contributed by atoms with van der Waals surface area (Å²) in [6, 6.07) is 10.6. The molecule has 0 aromatic heterocycles. The summed E-state index contributed by atoms with van der Waals surface area (Å²) in [6.45, 7) is 1.16. The fraction of sp³-hybridized carbons (Fsp3) is 0.278. The van der Waals surface area contributed by atoms with Crippen molar-refractivity contribution in [3.63, 3.8) is 0 Å². The van der Waals surface area contributed by atoms with Gasteiger partial charge in [0.05, 0.1) is 25.8 Å². The number of methoxy groups -OCH3 is 1. The van der Waals surface area contributed by atoms with Crippen molar-refractivity contribution in [3.05, 3.63) is 59.4 Å². The van der Waals surface area contributed by atoms with E-state index in [1.54, 1.807) is 29.2 Å². The number of aromatic hydroxyl groups is 1. The van der Waals surface area contributed by atoms with Gasteiger partial charge in [-0.3, -0.25) is 4.79 Å². The molecule has 0 spiro atoms. The molecule has 0 aliphatic carbocycles. The molecule has 0 radical (unpaired) electrons. The molecule has 1 N–H and O–H groups in total. The number of rotatable bonds is 3. The van der Waals surface area contributed by atoms with Gasteiger partial charge in [0, 0.05) is 12.6 Å². The molecule has 126 valence electrons. The van der Waals surface area contributed by atoms with Crippen molar-refractivity contribution >= 4 is 5.91 Å². The number of benzene rings is 2. The summed E-state index contributed by atoms with van der Waals surface area (Å²) in [4.78, 5) is 14.3. The first-order valence-corrected chi connectivity index (χ1v) is 7.62. The van der Waals surface area contributed by atoms with Gasteiger partial charge >= 0.3 is 0 Å². The van der Waals surface area contributed by atoms with Gasteiger partial charge < -0.3 is 19.5 Å².